The van der Waals surface area contributed by atoms with E-state index in [1.165, 1.54) is 0 Å². The van der Waals surface area contributed by atoms with E-state index >= 15 is 0 Å². The van der Waals surface area contributed by atoms with Crippen LogP contribution in [0, 0.1) is 3.57 Å². The molecule has 0 saturated carbocycles. The lowest BCUT2D eigenvalue weighted by atomic mass is 10.2. The maximum absolute atomic E-state index is 6.04. The second-order valence-corrected chi connectivity index (χ2v) is 4.70. The lowest BCUT2D eigenvalue weighted by Crippen LogP contribution is -2.08. The fourth-order valence-corrected chi connectivity index (χ4v) is 1.88. The molecule has 0 saturated heterocycles. The molecule has 0 aliphatic rings. The molecule has 1 heterocycles. The minimum absolute atomic E-state index is 0.116. The molecule has 0 aliphatic carbocycles. The maximum atomic E-state index is 6.04. The standard InChI is InChI=1S/C10H14ClIN2O/c1-4-5-7-8(12)9(11)14-10(13-7)6(2)15-3/h6H,4-5H2,1-3H3. The van der Waals surface area contributed by atoms with Gasteiger partial charge in [0.2, 0.25) is 0 Å². The van der Waals surface area contributed by atoms with E-state index in [0.717, 1.165) is 22.1 Å². The molecule has 1 unspecified atom stereocenters. The molecular weight excluding hydrogens is 326 g/mol. The number of methoxy groups -OCH3 is 1. The fourth-order valence-electron chi connectivity index (χ4n) is 1.17. The Balaban J connectivity index is 3.11. The van der Waals surface area contributed by atoms with E-state index in [9.17, 15) is 0 Å². The number of hydrogen-bond acceptors (Lipinski definition) is 3. The van der Waals surface area contributed by atoms with Crippen LogP contribution >= 0.6 is 34.2 Å². The number of halogens is 2. The van der Waals surface area contributed by atoms with Gasteiger partial charge in [0, 0.05) is 7.11 Å². The summed E-state index contributed by atoms with van der Waals surface area (Å²) < 4.78 is 6.13. The van der Waals surface area contributed by atoms with Crippen molar-refractivity contribution in [3.63, 3.8) is 0 Å². The molecule has 1 atom stereocenters. The van der Waals surface area contributed by atoms with Gasteiger partial charge in [0.1, 0.15) is 11.3 Å². The van der Waals surface area contributed by atoms with E-state index in [0.29, 0.717) is 11.0 Å². The molecule has 0 amide bonds. The van der Waals surface area contributed by atoms with Gasteiger partial charge in [-0.3, -0.25) is 0 Å². The molecule has 0 fully saturated rings. The Morgan fingerprint density at radius 3 is 2.67 bits per heavy atom. The molecule has 0 aliphatic heterocycles. The smallest absolute Gasteiger partial charge is 0.158 e. The zero-order valence-electron chi connectivity index (χ0n) is 9.05. The number of ether oxygens (including phenoxy) is 1. The van der Waals surface area contributed by atoms with Crippen LogP contribution in [0.15, 0.2) is 0 Å². The van der Waals surface area contributed by atoms with E-state index in [4.69, 9.17) is 16.3 Å². The van der Waals surface area contributed by atoms with Crippen molar-refractivity contribution in [2.45, 2.75) is 32.8 Å². The quantitative estimate of drug-likeness (QED) is 0.622. The van der Waals surface area contributed by atoms with Gasteiger partial charge in [0.05, 0.1) is 9.26 Å². The molecular formula is C10H14ClIN2O. The number of aromatic nitrogens is 2. The Morgan fingerprint density at radius 1 is 1.47 bits per heavy atom. The first-order chi connectivity index (χ1) is 7.10. The highest BCUT2D eigenvalue weighted by atomic mass is 127. The average Bonchev–Trinajstić information content (AvgIpc) is 2.23. The summed E-state index contributed by atoms with van der Waals surface area (Å²) in [6.07, 6.45) is 1.85. The van der Waals surface area contributed by atoms with Crippen LogP contribution in [0.25, 0.3) is 0 Å². The molecule has 0 aromatic carbocycles. The summed E-state index contributed by atoms with van der Waals surface area (Å²) in [6.45, 7) is 4.03. The van der Waals surface area contributed by atoms with Crippen LogP contribution in [0.1, 0.15) is 37.9 Å². The molecule has 15 heavy (non-hydrogen) atoms. The predicted molar refractivity (Wildman–Crippen MR) is 69.2 cm³/mol. The summed E-state index contributed by atoms with van der Waals surface area (Å²) >= 11 is 8.22. The van der Waals surface area contributed by atoms with E-state index in [1.54, 1.807) is 7.11 Å². The number of aryl methyl sites for hydroxylation is 1. The Bertz CT molecular complexity index is 346. The van der Waals surface area contributed by atoms with Gasteiger partial charge in [-0.1, -0.05) is 24.9 Å². The summed E-state index contributed by atoms with van der Waals surface area (Å²) in [5.74, 6) is 0.659. The molecule has 3 nitrogen and oxygen atoms in total. The number of rotatable bonds is 4. The maximum Gasteiger partial charge on any atom is 0.158 e. The molecule has 0 spiro atoms. The van der Waals surface area contributed by atoms with Gasteiger partial charge in [-0.15, -0.1) is 0 Å². The summed E-state index contributed by atoms with van der Waals surface area (Å²) in [5, 5.41) is 0.521. The van der Waals surface area contributed by atoms with Crippen molar-refractivity contribution in [2.24, 2.45) is 0 Å². The molecule has 1 aromatic rings. The van der Waals surface area contributed by atoms with Crippen molar-refractivity contribution in [1.29, 1.82) is 0 Å². The lowest BCUT2D eigenvalue weighted by Gasteiger charge is -2.11. The van der Waals surface area contributed by atoms with Gasteiger partial charge in [0.15, 0.2) is 5.82 Å². The third-order valence-corrected chi connectivity index (χ3v) is 3.83. The summed E-state index contributed by atoms with van der Waals surface area (Å²) in [5.41, 5.74) is 1.01. The molecule has 1 rings (SSSR count). The third-order valence-electron chi connectivity index (χ3n) is 2.10. The zero-order chi connectivity index (χ0) is 11.4. The number of hydrogen-bond donors (Lipinski definition) is 0. The van der Waals surface area contributed by atoms with Crippen molar-refractivity contribution in [2.75, 3.05) is 7.11 Å². The van der Waals surface area contributed by atoms with Crippen molar-refractivity contribution in [1.82, 2.24) is 9.97 Å². The van der Waals surface area contributed by atoms with E-state index in [1.807, 2.05) is 6.92 Å². The molecule has 5 heteroatoms. The highest BCUT2D eigenvalue weighted by Gasteiger charge is 2.14. The van der Waals surface area contributed by atoms with Crippen LogP contribution < -0.4 is 0 Å². The molecule has 1 aromatic heterocycles. The largest absolute Gasteiger partial charge is 0.374 e. The predicted octanol–water partition coefficient (Wildman–Crippen LogP) is 3.39. The average molecular weight is 341 g/mol. The first-order valence-electron chi connectivity index (χ1n) is 4.84. The van der Waals surface area contributed by atoms with E-state index < -0.39 is 0 Å². The first kappa shape index (κ1) is 13.1. The minimum atomic E-state index is -0.116. The molecule has 84 valence electrons. The fraction of sp³-hybridized carbons (Fsp3) is 0.600. The van der Waals surface area contributed by atoms with Gasteiger partial charge in [-0.2, -0.15) is 0 Å². The SMILES string of the molecule is CCCc1nc(C(C)OC)nc(Cl)c1I. The van der Waals surface area contributed by atoms with E-state index in [-0.39, 0.29) is 6.10 Å². The van der Waals surface area contributed by atoms with Gasteiger partial charge in [0.25, 0.3) is 0 Å². The van der Waals surface area contributed by atoms with Gasteiger partial charge in [-0.25, -0.2) is 9.97 Å². The van der Waals surface area contributed by atoms with Gasteiger partial charge < -0.3 is 4.74 Å². The van der Waals surface area contributed by atoms with Crippen LogP contribution in [0.4, 0.5) is 0 Å². The molecule has 0 radical (unpaired) electrons. The number of nitrogens with zero attached hydrogens (tertiary/aromatic N) is 2. The Kier molecular flexibility index (Phi) is 5.22. The molecule has 0 bridgehead atoms. The highest BCUT2D eigenvalue weighted by molar-refractivity contribution is 14.1. The monoisotopic (exact) mass is 340 g/mol. The van der Waals surface area contributed by atoms with E-state index in [2.05, 4.69) is 39.5 Å². The van der Waals surface area contributed by atoms with Gasteiger partial charge in [-0.05, 0) is 35.9 Å². The van der Waals surface area contributed by atoms with Crippen molar-refractivity contribution in [3.8, 4) is 0 Å². The van der Waals surface area contributed by atoms with Crippen LogP contribution in [0.2, 0.25) is 5.15 Å². The summed E-state index contributed by atoms with van der Waals surface area (Å²) in [7, 11) is 1.64. The Labute approximate surface area is 109 Å². The topological polar surface area (TPSA) is 35.0 Å². The van der Waals surface area contributed by atoms with Crippen LogP contribution in [-0.2, 0) is 11.2 Å². The Morgan fingerprint density at radius 2 is 2.13 bits per heavy atom. The zero-order valence-corrected chi connectivity index (χ0v) is 12.0. The molecule has 0 N–H and O–H groups in total. The van der Waals surface area contributed by atoms with Crippen molar-refractivity contribution < 1.29 is 4.74 Å². The highest BCUT2D eigenvalue weighted by Crippen LogP contribution is 2.23. The van der Waals surface area contributed by atoms with Crippen molar-refractivity contribution in [3.05, 3.63) is 20.2 Å². The summed E-state index contributed by atoms with van der Waals surface area (Å²) in [4.78, 5) is 8.67. The van der Waals surface area contributed by atoms with Gasteiger partial charge >= 0.3 is 0 Å². The second kappa shape index (κ2) is 5.96. The van der Waals surface area contributed by atoms with Crippen molar-refractivity contribution >= 4 is 34.2 Å². The van der Waals surface area contributed by atoms with Crippen LogP contribution in [0.5, 0.6) is 0 Å². The first-order valence-corrected chi connectivity index (χ1v) is 6.30. The van der Waals surface area contributed by atoms with Crippen LogP contribution in [-0.4, -0.2) is 17.1 Å². The second-order valence-electron chi connectivity index (χ2n) is 3.26. The third kappa shape index (κ3) is 3.26. The normalized spacial score (nSPS) is 12.9. The van der Waals surface area contributed by atoms with Crippen LogP contribution in [0.3, 0.4) is 0 Å². The lowest BCUT2D eigenvalue weighted by molar-refractivity contribution is 0.112. The summed E-state index contributed by atoms with van der Waals surface area (Å²) in [6, 6.07) is 0. The Hall–Kier alpha value is 0.0600. The minimum Gasteiger partial charge on any atom is -0.374 e.